The van der Waals surface area contributed by atoms with Crippen LogP contribution in [-0.4, -0.2) is 0 Å². The maximum absolute atomic E-state index is 13.4. The molecule has 0 saturated carbocycles. The van der Waals surface area contributed by atoms with Crippen LogP contribution in [0.1, 0.15) is 0 Å². The maximum atomic E-state index is 13.4. The van der Waals surface area contributed by atoms with Gasteiger partial charge in [-0.2, -0.15) is 4.57 Å². The van der Waals surface area contributed by atoms with Crippen molar-refractivity contribution in [3.63, 3.8) is 0 Å². The highest BCUT2D eigenvalue weighted by molar-refractivity contribution is 7.49. The first-order chi connectivity index (χ1) is 14.2. The van der Waals surface area contributed by atoms with Crippen molar-refractivity contribution < 1.29 is 18.1 Å². The molecule has 0 fully saturated rings. The molecule has 0 bridgehead atoms. The van der Waals surface area contributed by atoms with E-state index < -0.39 is 7.82 Å². The SMILES string of the molecule is O=P(Oc1ccccc1)(Oc1ccccc1)Oc1ccc(-c2ccccc2)cc1. The van der Waals surface area contributed by atoms with Crippen LogP contribution in [0.2, 0.25) is 0 Å². The average Bonchev–Trinajstić information content (AvgIpc) is 2.76. The fourth-order valence-electron chi connectivity index (χ4n) is 2.74. The number of rotatable bonds is 7. The van der Waals surface area contributed by atoms with Crippen molar-refractivity contribution in [3.05, 3.63) is 115 Å². The third-order valence-corrected chi connectivity index (χ3v) is 5.40. The van der Waals surface area contributed by atoms with Gasteiger partial charge in [0.25, 0.3) is 0 Å². The van der Waals surface area contributed by atoms with Crippen LogP contribution < -0.4 is 13.6 Å². The predicted octanol–water partition coefficient (Wildman–Crippen LogP) is 7.00. The monoisotopic (exact) mass is 402 g/mol. The normalized spacial score (nSPS) is 10.9. The Morgan fingerprint density at radius 2 is 0.759 bits per heavy atom. The summed E-state index contributed by atoms with van der Waals surface area (Å²) in [4.78, 5) is 0. The van der Waals surface area contributed by atoms with Crippen LogP contribution in [0.4, 0.5) is 0 Å². The number of para-hydroxylation sites is 2. The average molecular weight is 402 g/mol. The summed E-state index contributed by atoms with van der Waals surface area (Å²) in [6.07, 6.45) is 0. The van der Waals surface area contributed by atoms with Gasteiger partial charge >= 0.3 is 7.82 Å². The summed E-state index contributed by atoms with van der Waals surface area (Å²) in [7, 11) is -3.97. The minimum atomic E-state index is -3.97. The van der Waals surface area contributed by atoms with Gasteiger partial charge in [-0.3, -0.25) is 0 Å². The summed E-state index contributed by atoms with van der Waals surface area (Å²) >= 11 is 0. The third-order valence-electron chi connectivity index (χ3n) is 4.10. The van der Waals surface area contributed by atoms with Crippen molar-refractivity contribution >= 4 is 7.82 Å². The number of hydrogen-bond acceptors (Lipinski definition) is 4. The molecule has 0 aliphatic carbocycles. The molecule has 0 aliphatic rings. The molecule has 0 aliphatic heterocycles. The van der Waals surface area contributed by atoms with Gasteiger partial charge in [-0.25, -0.2) is 0 Å². The number of phosphoric acid groups is 1. The Kier molecular flexibility index (Phi) is 5.64. The van der Waals surface area contributed by atoms with E-state index in [4.69, 9.17) is 13.6 Å². The Balaban J connectivity index is 1.58. The molecule has 0 aromatic heterocycles. The lowest BCUT2D eigenvalue weighted by Crippen LogP contribution is -2.07. The van der Waals surface area contributed by atoms with Crippen LogP contribution in [0.15, 0.2) is 115 Å². The van der Waals surface area contributed by atoms with E-state index in [1.807, 2.05) is 54.6 Å². The number of hydrogen-bond donors (Lipinski definition) is 0. The first kappa shape index (κ1) is 18.9. The Morgan fingerprint density at radius 1 is 0.414 bits per heavy atom. The van der Waals surface area contributed by atoms with Crippen LogP contribution in [0, 0.1) is 0 Å². The molecule has 4 rings (SSSR count). The molecule has 0 heterocycles. The van der Waals surface area contributed by atoms with Crippen molar-refractivity contribution in [1.29, 1.82) is 0 Å². The zero-order chi connectivity index (χ0) is 19.9. The number of benzene rings is 4. The van der Waals surface area contributed by atoms with Gasteiger partial charge in [-0.05, 0) is 47.5 Å². The van der Waals surface area contributed by atoms with Gasteiger partial charge in [0, 0.05) is 0 Å². The Hall–Kier alpha value is -3.49. The molecule has 29 heavy (non-hydrogen) atoms. The van der Waals surface area contributed by atoms with Gasteiger partial charge in [-0.15, -0.1) is 0 Å². The van der Waals surface area contributed by atoms with E-state index in [0.717, 1.165) is 11.1 Å². The van der Waals surface area contributed by atoms with Gasteiger partial charge in [0.15, 0.2) is 0 Å². The van der Waals surface area contributed by atoms with Crippen LogP contribution in [0.5, 0.6) is 17.2 Å². The van der Waals surface area contributed by atoms with Crippen molar-refractivity contribution in [2.75, 3.05) is 0 Å². The van der Waals surface area contributed by atoms with Crippen LogP contribution in [0.25, 0.3) is 11.1 Å². The summed E-state index contributed by atoms with van der Waals surface area (Å²) in [6, 6.07) is 34.9. The highest BCUT2D eigenvalue weighted by Gasteiger charge is 2.33. The van der Waals surface area contributed by atoms with Crippen molar-refractivity contribution in [2.24, 2.45) is 0 Å². The summed E-state index contributed by atoms with van der Waals surface area (Å²) in [6.45, 7) is 0. The topological polar surface area (TPSA) is 44.8 Å². The zero-order valence-electron chi connectivity index (χ0n) is 15.5. The van der Waals surface area contributed by atoms with Gasteiger partial charge < -0.3 is 13.6 Å². The van der Waals surface area contributed by atoms with Crippen molar-refractivity contribution in [3.8, 4) is 28.4 Å². The molecule has 5 heteroatoms. The van der Waals surface area contributed by atoms with E-state index in [1.54, 1.807) is 60.7 Å². The lowest BCUT2D eigenvalue weighted by Gasteiger charge is -2.19. The molecule has 0 amide bonds. The minimum absolute atomic E-state index is 0.389. The molecule has 4 nitrogen and oxygen atoms in total. The Labute approximate surface area is 169 Å². The third kappa shape index (κ3) is 5.07. The summed E-state index contributed by atoms with van der Waals surface area (Å²) in [5, 5.41) is 0. The fraction of sp³-hybridized carbons (Fsp3) is 0. The predicted molar refractivity (Wildman–Crippen MR) is 114 cm³/mol. The minimum Gasteiger partial charge on any atom is -0.386 e. The molecule has 0 saturated heterocycles. The Bertz CT molecular complexity index is 1040. The van der Waals surface area contributed by atoms with E-state index in [0.29, 0.717) is 17.2 Å². The highest BCUT2D eigenvalue weighted by Crippen LogP contribution is 2.49. The largest absolute Gasteiger partial charge is 0.647 e. The molecule has 4 aromatic rings. The molecule has 4 aromatic carbocycles. The molecule has 0 spiro atoms. The van der Waals surface area contributed by atoms with E-state index in [-0.39, 0.29) is 0 Å². The summed E-state index contributed by atoms with van der Waals surface area (Å²) < 4.78 is 30.4. The maximum Gasteiger partial charge on any atom is 0.647 e. The van der Waals surface area contributed by atoms with E-state index in [9.17, 15) is 4.57 Å². The molecule has 0 radical (unpaired) electrons. The standard InChI is InChI=1S/C24H19O4P/c25-29(26-22-12-6-2-7-13-22,27-23-14-8-3-9-15-23)28-24-18-16-21(17-19-24)20-10-4-1-5-11-20/h1-19H. The first-order valence-electron chi connectivity index (χ1n) is 9.15. The van der Waals surface area contributed by atoms with Gasteiger partial charge in [-0.1, -0.05) is 78.9 Å². The smallest absolute Gasteiger partial charge is 0.386 e. The first-order valence-corrected chi connectivity index (χ1v) is 10.6. The molecule has 0 N–H and O–H groups in total. The fourth-order valence-corrected chi connectivity index (χ4v) is 4.00. The van der Waals surface area contributed by atoms with Crippen molar-refractivity contribution in [1.82, 2.24) is 0 Å². The second-order valence-corrected chi connectivity index (χ2v) is 7.68. The van der Waals surface area contributed by atoms with Crippen LogP contribution in [0.3, 0.4) is 0 Å². The molecular weight excluding hydrogens is 383 g/mol. The summed E-state index contributed by atoms with van der Waals surface area (Å²) in [5.41, 5.74) is 2.11. The van der Waals surface area contributed by atoms with Gasteiger partial charge in [0.2, 0.25) is 0 Å². The van der Waals surface area contributed by atoms with E-state index in [2.05, 4.69) is 0 Å². The quantitative estimate of drug-likeness (QED) is 0.312. The van der Waals surface area contributed by atoms with Gasteiger partial charge in [0.1, 0.15) is 17.2 Å². The molecular formula is C24H19O4P. The van der Waals surface area contributed by atoms with Crippen molar-refractivity contribution in [2.45, 2.75) is 0 Å². The van der Waals surface area contributed by atoms with Crippen LogP contribution in [-0.2, 0) is 4.57 Å². The summed E-state index contributed by atoms with van der Waals surface area (Å²) in [5.74, 6) is 1.18. The lowest BCUT2D eigenvalue weighted by molar-refractivity contribution is 0.298. The molecule has 144 valence electrons. The second-order valence-electron chi connectivity index (χ2n) is 6.24. The van der Waals surface area contributed by atoms with Crippen LogP contribution >= 0.6 is 7.82 Å². The van der Waals surface area contributed by atoms with E-state index in [1.165, 1.54) is 0 Å². The van der Waals surface area contributed by atoms with E-state index >= 15 is 0 Å². The van der Waals surface area contributed by atoms with Gasteiger partial charge in [0.05, 0.1) is 0 Å². The zero-order valence-corrected chi connectivity index (χ0v) is 16.4. The molecule has 0 unspecified atom stereocenters. The lowest BCUT2D eigenvalue weighted by atomic mass is 10.1. The number of phosphoric ester groups is 1. The second kappa shape index (κ2) is 8.68. The molecule has 0 atom stereocenters. The Morgan fingerprint density at radius 3 is 1.21 bits per heavy atom. The highest BCUT2D eigenvalue weighted by atomic mass is 31.2.